The molecule has 0 aliphatic rings. The summed E-state index contributed by atoms with van der Waals surface area (Å²) in [6.45, 7) is 0.219. The third-order valence-corrected chi connectivity index (χ3v) is 0.402. The van der Waals surface area contributed by atoms with Gasteiger partial charge in [0.05, 0.1) is 12.0 Å². The van der Waals surface area contributed by atoms with Gasteiger partial charge in [0.2, 0.25) is 0 Å². The van der Waals surface area contributed by atoms with E-state index in [1.807, 2.05) is 0 Å². The van der Waals surface area contributed by atoms with E-state index in [4.69, 9.17) is 16.6 Å². The molecule has 0 atom stereocenters. The Morgan fingerprint density at radius 2 is 2.33 bits per heavy atom. The number of nitrogens with two attached hydrogens (primary N) is 2. The Bertz CT molecular complexity index is 59.8. The molecule has 5 N–H and O–H groups in total. The van der Waals surface area contributed by atoms with Crippen LogP contribution in [0.5, 0.6) is 0 Å². The average molecular weight is 88.1 g/mol. The molecule has 0 bridgehead atoms. The van der Waals surface area contributed by atoms with Crippen molar-refractivity contribution in [3.8, 4) is 0 Å². The molecule has 0 aromatic rings. The summed E-state index contributed by atoms with van der Waals surface area (Å²) in [7, 11) is 0. The summed E-state index contributed by atoms with van der Waals surface area (Å²) in [5.74, 6) is 0. The van der Waals surface area contributed by atoms with Crippen molar-refractivity contribution in [3.05, 3.63) is 12.0 Å². The maximum absolute atomic E-state index is 7.97. The molecular formula is C3H8N2O. The first kappa shape index (κ1) is 5.30. The van der Waals surface area contributed by atoms with Crippen LogP contribution in [-0.4, -0.2) is 11.7 Å². The lowest BCUT2D eigenvalue weighted by atomic mass is 10.5. The van der Waals surface area contributed by atoms with Gasteiger partial charge in [-0.25, -0.2) is 0 Å². The summed E-state index contributed by atoms with van der Waals surface area (Å²) in [4.78, 5) is 0. The van der Waals surface area contributed by atoms with Gasteiger partial charge in [-0.3, -0.25) is 0 Å². The molecule has 0 saturated heterocycles. The second kappa shape index (κ2) is 2.53. The summed E-state index contributed by atoms with van der Waals surface area (Å²) in [6, 6.07) is 0. The minimum atomic E-state index is 0.219. The SMILES string of the molecule is NCC(N)=CO. The molecule has 3 nitrogen and oxygen atoms in total. The van der Waals surface area contributed by atoms with E-state index >= 15 is 0 Å². The van der Waals surface area contributed by atoms with Crippen molar-refractivity contribution in [1.82, 2.24) is 0 Å². The van der Waals surface area contributed by atoms with Crippen molar-refractivity contribution in [2.45, 2.75) is 0 Å². The van der Waals surface area contributed by atoms with Gasteiger partial charge in [0, 0.05) is 6.54 Å². The predicted octanol–water partition coefficient (Wildman–Crippen LogP) is -0.697. The molecule has 0 fully saturated rings. The Morgan fingerprint density at radius 1 is 1.83 bits per heavy atom. The Labute approximate surface area is 36.3 Å². The zero-order chi connectivity index (χ0) is 4.99. The smallest absolute Gasteiger partial charge is 0.0992 e. The Kier molecular flexibility index (Phi) is 2.24. The maximum atomic E-state index is 7.97. The van der Waals surface area contributed by atoms with Gasteiger partial charge < -0.3 is 16.6 Å². The molecule has 0 unspecified atom stereocenters. The van der Waals surface area contributed by atoms with E-state index in [9.17, 15) is 0 Å². The van der Waals surface area contributed by atoms with E-state index in [0.29, 0.717) is 5.70 Å². The van der Waals surface area contributed by atoms with E-state index in [0.717, 1.165) is 6.26 Å². The standard InChI is InChI=1S/C3H8N2O/c4-1-3(5)2-6/h2,6H,1,4-5H2. The number of hydrogen-bond acceptors (Lipinski definition) is 3. The molecule has 0 radical (unpaired) electrons. The first-order valence-corrected chi connectivity index (χ1v) is 1.60. The van der Waals surface area contributed by atoms with Crippen molar-refractivity contribution in [3.63, 3.8) is 0 Å². The lowest BCUT2D eigenvalue weighted by Gasteiger charge is -1.85. The van der Waals surface area contributed by atoms with E-state index < -0.39 is 0 Å². The fourth-order valence-corrected chi connectivity index (χ4v) is 0.0527. The normalized spacial score (nSPS) is 11.8. The fraction of sp³-hybridized carbons (Fsp3) is 0.333. The molecule has 0 rings (SSSR count). The highest BCUT2D eigenvalue weighted by Crippen LogP contribution is 1.68. The number of aliphatic hydroxyl groups excluding tert-OH is 1. The number of rotatable bonds is 1. The van der Waals surface area contributed by atoms with E-state index in [2.05, 4.69) is 0 Å². The van der Waals surface area contributed by atoms with Gasteiger partial charge in [-0.1, -0.05) is 0 Å². The highest BCUT2D eigenvalue weighted by Gasteiger charge is 1.75. The molecular weight excluding hydrogens is 80.0 g/mol. The van der Waals surface area contributed by atoms with Crippen molar-refractivity contribution in [2.75, 3.05) is 6.54 Å². The lowest BCUT2D eigenvalue weighted by molar-refractivity contribution is 0.465. The minimum absolute atomic E-state index is 0.219. The van der Waals surface area contributed by atoms with Crippen molar-refractivity contribution in [2.24, 2.45) is 11.5 Å². The van der Waals surface area contributed by atoms with Gasteiger partial charge in [-0.2, -0.15) is 0 Å². The highest BCUT2D eigenvalue weighted by molar-refractivity contribution is 4.90. The van der Waals surface area contributed by atoms with Crippen LogP contribution in [0.1, 0.15) is 0 Å². The third kappa shape index (κ3) is 1.60. The predicted molar refractivity (Wildman–Crippen MR) is 24.0 cm³/mol. The Hall–Kier alpha value is -0.700. The summed E-state index contributed by atoms with van der Waals surface area (Å²) in [6.07, 6.45) is 0.792. The average Bonchev–Trinajstić information content (AvgIpc) is 1.65. The molecule has 0 aromatic carbocycles. The van der Waals surface area contributed by atoms with Crippen LogP contribution in [-0.2, 0) is 0 Å². The summed E-state index contributed by atoms with van der Waals surface area (Å²) in [5, 5.41) is 7.97. The van der Waals surface area contributed by atoms with Gasteiger partial charge in [-0.05, 0) is 0 Å². The maximum Gasteiger partial charge on any atom is 0.0992 e. The second-order valence-corrected chi connectivity index (χ2v) is 0.908. The van der Waals surface area contributed by atoms with Crippen LogP contribution < -0.4 is 11.5 Å². The molecule has 3 heteroatoms. The molecule has 6 heavy (non-hydrogen) atoms. The van der Waals surface area contributed by atoms with Gasteiger partial charge in [-0.15, -0.1) is 0 Å². The molecule has 36 valence electrons. The highest BCUT2D eigenvalue weighted by atomic mass is 16.2. The van der Waals surface area contributed by atoms with E-state index in [-0.39, 0.29) is 6.54 Å². The van der Waals surface area contributed by atoms with Crippen LogP contribution in [0.2, 0.25) is 0 Å². The lowest BCUT2D eigenvalue weighted by Crippen LogP contribution is -2.10. The minimum Gasteiger partial charge on any atom is -0.514 e. The molecule has 0 aromatic heterocycles. The Morgan fingerprint density at radius 3 is 2.33 bits per heavy atom. The van der Waals surface area contributed by atoms with Crippen LogP contribution >= 0.6 is 0 Å². The van der Waals surface area contributed by atoms with E-state index in [1.54, 1.807) is 0 Å². The van der Waals surface area contributed by atoms with E-state index in [1.165, 1.54) is 0 Å². The Balaban J connectivity index is 3.22. The largest absolute Gasteiger partial charge is 0.514 e. The number of aliphatic hydroxyl groups is 1. The van der Waals surface area contributed by atoms with Crippen LogP contribution in [0, 0.1) is 0 Å². The molecule has 0 saturated carbocycles. The van der Waals surface area contributed by atoms with Crippen LogP contribution in [0.3, 0.4) is 0 Å². The topological polar surface area (TPSA) is 72.3 Å². The number of hydrogen-bond donors (Lipinski definition) is 3. The van der Waals surface area contributed by atoms with Crippen molar-refractivity contribution >= 4 is 0 Å². The zero-order valence-electron chi connectivity index (χ0n) is 3.39. The molecule has 0 aliphatic carbocycles. The third-order valence-electron chi connectivity index (χ3n) is 0.402. The summed E-state index contributed by atoms with van der Waals surface area (Å²) < 4.78 is 0. The van der Waals surface area contributed by atoms with Gasteiger partial charge in [0.1, 0.15) is 0 Å². The zero-order valence-corrected chi connectivity index (χ0v) is 3.39. The van der Waals surface area contributed by atoms with Gasteiger partial charge in [0.25, 0.3) is 0 Å². The van der Waals surface area contributed by atoms with Crippen LogP contribution in [0.4, 0.5) is 0 Å². The van der Waals surface area contributed by atoms with Crippen LogP contribution in [0.15, 0.2) is 12.0 Å². The fourth-order valence-electron chi connectivity index (χ4n) is 0.0527. The van der Waals surface area contributed by atoms with Gasteiger partial charge >= 0.3 is 0 Å². The molecule has 0 aliphatic heterocycles. The first-order valence-electron chi connectivity index (χ1n) is 1.60. The second-order valence-electron chi connectivity index (χ2n) is 0.908. The summed E-state index contributed by atoms with van der Waals surface area (Å²) >= 11 is 0. The molecule has 0 amide bonds. The molecule has 0 spiro atoms. The first-order chi connectivity index (χ1) is 2.81. The monoisotopic (exact) mass is 88.1 g/mol. The van der Waals surface area contributed by atoms with Gasteiger partial charge in [0.15, 0.2) is 0 Å². The summed E-state index contributed by atoms with van der Waals surface area (Å²) in [5.41, 5.74) is 10.2. The van der Waals surface area contributed by atoms with Crippen LogP contribution in [0.25, 0.3) is 0 Å². The van der Waals surface area contributed by atoms with Crippen molar-refractivity contribution < 1.29 is 5.11 Å². The molecule has 0 heterocycles. The van der Waals surface area contributed by atoms with Crippen molar-refractivity contribution in [1.29, 1.82) is 0 Å². The quantitative estimate of drug-likeness (QED) is 0.371.